The maximum Gasteiger partial charge on any atom is 0.220 e. The smallest absolute Gasteiger partial charge is 0.220 e. The Bertz CT molecular complexity index is 414. The molecule has 3 N–H and O–H groups in total. The third kappa shape index (κ3) is 7.58. The molecular formula is C14H22Cl2N2O2. The first-order valence-electron chi connectivity index (χ1n) is 6.42. The molecular weight excluding hydrogens is 299 g/mol. The van der Waals surface area contributed by atoms with Crippen LogP contribution in [0.4, 0.5) is 0 Å². The lowest BCUT2D eigenvalue weighted by Gasteiger charge is -2.16. The van der Waals surface area contributed by atoms with Crippen LogP contribution in [0.2, 0.25) is 5.02 Å². The van der Waals surface area contributed by atoms with E-state index in [1.54, 1.807) is 12.1 Å². The Hall–Kier alpha value is -0.970. The minimum Gasteiger partial charge on any atom is -0.487 e. The molecule has 0 saturated carbocycles. The Morgan fingerprint density at radius 3 is 2.65 bits per heavy atom. The molecule has 1 aromatic carbocycles. The second-order valence-corrected chi connectivity index (χ2v) is 5.09. The van der Waals surface area contributed by atoms with Crippen molar-refractivity contribution in [3.05, 3.63) is 29.3 Å². The molecule has 0 heterocycles. The van der Waals surface area contributed by atoms with E-state index >= 15 is 0 Å². The molecule has 2 atom stereocenters. The number of carbonyl (C=O) groups is 1. The molecule has 0 aromatic heterocycles. The van der Waals surface area contributed by atoms with Gasteiger partial charge in [-0.3, -0.25) is 4.79 Å². The van der Waals surface area contributed by atoms with Crippen molar-refractivity contribution in [1.29, 1.82) is 0 Å². The van der Waals surface area contributed by atoms with Gasteiger partial charge in [-0.15, -0.1) is 12.4 Å². The van der Waals surface area contributed by atoms with Crippen molar-refractivity contribution in [3.8, 4) is 5.75 Å². The van der Waals surface area contributed by atoms with Gasteiger partial charge in [0.05, 0.1) is 11.6 Å². The number of para-hydroxylation sites is 1. The van der Waals surface area contributed by atoms with Gasteiger partial charge in [-0.05, 0) is 32.4 Å². The number of halogens is 2. The molecule has 114 valence electrons. The number of benzene rings is 1. The van der Waals surface area contributed by atoms with Gasteiger partial charge in [0.15, 0.2) is 0 Å². The summed E-state index contributed by atoms with van der Waals surface area (Å²) < 4.78 is 5.65. The Morgan fingerprint density at radius 1 is 1.40 bits per heavy atom. The summed E-state index contributed by atoms with van der Waals surface area (Å²) in [4.78, 5) is 11.5. The van der Waals surface area contributed by atoms with Crippen LogP contribution in [0.15, 0.2) is 24.3 Å². The summed E-state index contributed by atoms with van der Waals surface area (Å²) in [6.07, 6.45) is 0.987. The second-order valence-electron chi connectivity index (χ2n) is 4.68. The fourth-order valence-electron chi connectivity index (χ4n) is 1.50. The number of nitrogens with one attached hydrogen (secondary N) is 1. The number of carbonyl (C=O) groups excluding carboxylic acids is 1. The van der Waals surface area contributed by atoms with E-state index in [2.05, 4.69) is 5.32 Å². The number of nitrogens with two attached hydrogens (primary N) is 1. The lowest BCUT2D eigenvalue weighted by molar-refractivity contribution is -0.121. The molecule has 0 radical (unpaired) electrons. The largest absolute Gasteiger partial charge is 0.487 e. The van der Waals surface area contributed by atoms with Gasteiger partial charge in [0, 0.05) is 12.5 Å². The zero-order valence-corrected chi connectivity index (χ0v) is 13.3. The van der Waals surface area contributed by atoms with Crippen LogP contribution >= 0.6 is 24.0 Å². The summed E-state index contributed by atoms with van der Waals surface area (Å²) in [6, 6.07) is 7.31. The van der Waals surface area contributed by atoms with Crippen molar-refractivity contribution in [3.63, 3.8) is 0 Å². The molecule has 1 amide bonds. The molecule has 0 saturated heterocycles. The number of hydrogen-bond donors (Lipinski definition) is 2. The van der Waals surface area contributed by atoms with E-state index in [1.165, 1.54) is 0 Å². The van der Waals surface area contributed by atoms with E-state index in [-0.39, 0.29) is 30.5 Å². The van der Waals surface area contributed by atoms with Gasteiger partial charge in [-0.2, -0.15) is 0 Å². The number of hydrogen-bond acceptors (Lipinski definition) is 3. The molecule has 4 nitrogen and oxygen atoms in total. The Morgan fingerprint density at radius 2 is 2.05 bits per heavy atom. The van der Waals surface area contributed by atoms with E-state index < -0.39 is 0 Å². The van der Waals surface area contributed by atoms with Crippen LogP contribution in [0.25, 0.3) is 0 Å². The molecule has 0 aliphatic carbocycles. The van der Waals surface area contributed by atoms with Crippen LogP contribution in [0, 0.1) is 0 Å². The highest BCUT2D eigenvalue weighted by Gasteiger charge is 2.09. The minimum absolute atomic E-state index is 0. The molecule has 0 fully saturated rings. The van der Waals surface area contributed by atoms with Crippen LogP contribution in [0.5, 0.6) is 5.75 Å². The van der Waals surface area contributed by atoms with E-state index in [9.17, 15) is 4.79 Å². The van der Waals surface area contributed by atoms with Gasteiger partial charge in [0.25, 0.3) is 0 Å². The number of amides is 1. The van der Waals surface area contributed by atoms with Crippen molar-refractivity contribution in [2.75, 3.05) is 6.54 Å². The first kappa shape index (κ1) is 19.0. The lowest BCUT2D eigenvalue weighted by atomic mass is 10.2. The highest BCUT2D eigenvalue weighted by molar-refractivity contribution is 6.32. The zero-order chi connectivity index (χ0) is 14.3. The monoisotopic (exact) mass is 320 g/mol. The maximum absolute atomic E-state index is 11.5. The van der Waals surface area contributed by atoms with Gasteiger partial charge in [-0.1, -0.05) is 23.7 Å². The predicted octanol–water partition coefficient (Wildman–Crippen LogP) is 2.77. The van der Waals surface area contributed by atoms with Crippen molar-refractivity contribution in [2.24, 2.45) is 5.73 Å². The summed E-state index contributed by atoms with van der Waals surface area (Å²) in [5.74, 6) is 0.619. The average Bonchev–Trinajstić information content (AvgIpc) is 2.36. The minimum atomic E-state index is -0.140. The Labute approximate surface area is 131 Å². The van der Waals surface area contributed by atoms with Crippen molar-refractivity contribution in [1.82, 2.24) is 5.32 Å². The van der Waals surface area contributed by atoms with Crippen LogP contribution < -0.4 is 15.8 Å². The summed E-state index contributed by atoms with van der Waals surface area (Å²) in [7, 11) is 0. The fraction of sp³-hybridized carbons (Fsp3) is 0.500. The van der Waals surface area contributed by atoms with E-state index in [4.69, 9.17) is 22.1 Å². The highest BCUT2D eigenvalue weighted by Crippen LogP contribution is 2.23. The maximum atomic E-state index is 11.5. The average molecular weight is 321 g/mol. The van der Waals surface area contributed by atoms with Gasteiger partial charge < -0.3 is 15.8 Å². The second kappa shape index (κ2) is 9.86. The molecule has 6 heteroatoms. The molecule has 0 aliphatic rings. The summed E-state index contributed by atoms with van der Waals surface area (Å²) >= 11 is 5.99. The predicted molar refractivity (Wildman–Crippen MR) is 84.7 cm³/mol. The van der Waals surface area contributed by atoms with Crippen molar-refractivity contribution >= 4 is 29.9 Å². The first-order chi connectivity index (χ1) is 8.99. The molecule has 1 aromatic rings. The van der Waals surface area contributed by atoms with Crippen LogP contribution in [0.1, 0.15) is 26.7 Å². The van der Waals surface area contributed by atoms with E-state index in [0.29, 0.717) is 30.2 Å². The van der Waals surface area contributed by atoms with Crippen molar-refractivity contribution < 1.29 is 9.53 Å². The van der Waals surface area contributed by atoms with E-state index in [1.807, 2.05) is 26.0 Å². The summed E-state index contributed by atoms with van der Waals surface area (Å²) in [5.41, 5.74) is 5.60. The standard InChI is InChI=1S/C14H21ClN2O2.ClH/c1-10(16)7-8-14(18)17-9-11(2)19-13-6-4-3-5-12(13)15;/h3-6,10-11H,7-9,16H2,1-2H3,(H,17,18);1H. The summed E-state index contributed by atoms with van der Waals surface area (Å²) in [6.45, 7) is 4.22. The molecule has 0 aliphatic heterocycles. The molecule has 0 bridgehead atoms. The number of ether oxygens (including phenoxy) is 1. The lowest BCUT2D eigenvalue weighted by Crippen LogP contribution is -2.34. The quantitative estimate of drug-likeness (QED) is 0.812. The number of rotatable bonds is 7. The van der Waals surface area contributed by atoms with Crippen LogP contribution in [-0.4, -0.2) is 24.6 Å². The van der Waals surface area contributed by atoms with Gasteiger partial charge in [0.2, 0.25) is 5.91 Å². The van der Waals surface area contributed by atoms with Crippen molar-refractivity contribution in [2.45, 2.75) is 38.8 Å². The normalized spacial score (nSPS) is 13.0. The third-order valence-electron chi connectivity index (χ3n) is 2.58. The fourth-order valence-corrected chi connectivity index (χ4v) is 1.68. The molecule has 0 spiro atoms. The molecule has 1 rings (SSSR count). The molecule has 20 heavy (non-hydrogen) atoms. The van der Waals surface area contributed by atoms with Crippen LogP contribution in [-0.2, 0) is 4.79 Å². The Kier molecular flexibility index (Phi) is 9.38. The highest BCUT2D eigenvalue weighted by atomic mass is 35.5. The first-order valence-corrected chi connectivity index (χ1v) is 6.80. The van der Waals surface area contributed by atoms with Crippen LogP contribution in [0.3, 0.4) is 0 Å². The molecule has 2 unspecified atom stereocenters. The Balaban J connectivity index is 0.00000361. The van der Waals surface area contributed by atoms with Gasteiger partial charge in [-0.25, -0.2) is 0 Å². The van der Waals surface area contributed by atoms with Gasteiger partial charge >= 0.3 is 0 Å². The SMILES string of the molecule is CC(N)CCC(=O)NCC(C)Oc1ccccc1Cl.Cl. The summed E-state index contributed by atoms with van der Waals surface area (Å²) in [5, 5.41) is 3.38. The topological polar surface area (TPSA) is 64.4 Å². The van der Waals surface area contributed by atoms with E-state index in [0.717, 1.165) is 0 Å². The van der Waals surface area contributed by atoms with Gasteiger partial charge in [0.1, 0.15) is 11.9 Å². The zero-order valence-electron chi connectivity index (χ0n) is 11.8. The third-order valence-corrected chi connectivity index (χ3v) is 2.89.